The van der Waals surface area contributed by atoms with Gasteiger partial charge in [-0.3, -0.25) is 4.79 Å². The van der Waals surface area contributed by atoms with Crippen LogP contribution in [0.1, 0.15) is 65.7 Å². The van der Waals surface area contributed by atoms with E-state index in [1.54, 1.807) is 0 Å². The number of unbranched alkanes of at least 4 members (excludes halogenated alkanes) is 2. The summed E-state index contributed by atoms with van der Waals surface area (Å²) in [5, 5.41) is 2.74. The fourth-order valence-corrected chi connectivity index (χ4v) is 1.76. The number of nitrogens with one attached hydrogen (secondary N) is 1. The minimum atomic E-state index is -0.323. The molecule has 1 amide bonds. The first-order valence-electron chi connectivity index (χ1n) is 7.56. The summed E-state index contributed by atoms with van der Waals surface area (Å²) in [6.07, 6.45) is 5.82. The highest BCUT2D eigenvalue weighted by atomic mass is 16.5. The summed E-state index contributed by atoms with van der Waals surface area (Å²) in [4.78, 5) is 22.4. The topological polar surface area (TPSA) is 55.4 Å². The molecule has 0 atom stereocenters. The smallest absolute Gasteiger partial charge is 0.407 e. The van der Waals surface area contributed by atoms with Crippen LogP contribution in [0.15, 0.2) is 0 Å². The maximum Gasteiger partial charge on any atom is 0.407 e. The predicted molar refractivity (Wildman–Crippen MR) is 77.2 cm³/mol. The molecule has 0 aliphatic heterocycles. The summed E-state index contributed by atoms with van der Waals surface area (Å²) in [6, 6.07) is 0. The van der Waals surface area contributed by atoms with Gasteiger partial charge in [0.25, 0.3) is 0 Å². The summed E-state index contributed by atoms with van der Waals surface area (Å²) in [7, 11) is 0. The SMILES string of the molecule is CCC(=O)CCCCCNC(=O)OCC(CC)CC. The number of amides is 1. The Bertz CT molecular complexity index is 250. The van der Waals surface area contributed by atoms with Crippen molar-refractivity contribution in [2.75, 3.05) is 13.2 Å². The number of ketones is 1. The largest absolute Gasteiger partial charge is 0.449 e. The molecule has 0 fully saturated rings. The normalized spacial score (nSPS) is 10.5. The lowest BCUT2D eigenvalue weighted by atomic mass is 10.1. The molecule has 0 heterocycles. The number of ether oxygens (including phenoxy) is 1. The molecule has 0 aromatic heterocycles. The lowest BCUT2D eigenvalue weighted by Gasteiger charge is -2.13. The fraction of sp³-hybridized carbons (Fsp3) is 0.867. The number of rotatable bonds is 11. The van der Waals surface area contributed by atoms with Gasteiger partial charge in [0.2, 0.25) is 0 Å². The molecule has 0 aliphatic rings. The van der Waals surface area contributed by atoms with Crippen LogP contribution in [-0.2, 0) is 9.53 Å². The molecule has 0 rings (SSSR count). The van der Waals surface area contributed by atoms with Gasteiger partial charge in [-0.2, -0.15) is 0 Å². The van der Waals surface area contributed by atoms with Crippen molar-refractivity contribution in [3.63, 3.8) is 0 Å². The van der Waals surface area contributed by atoms with Crippen molar-refractivity contribution in [1.29, 1.82) is 0 Å². The number of carbonyl (C=O) groups is 2. The fourth-order valence-electron chi connectivity index (χ4n) is 1.76. The first-order valence-corrected chi connectivity index (χ1v) is 7.56. The van der Waals surface area contributed by atoms with Gasteiger partial charge < -0.3 is 10.1 Å². The maximum atomic E-state index is 11.4. The average Bonchev–Trinajstić information content (AvgIpc) is 2.43. The molecule has 19 heavy (non-hydrogen) atoms. The quantitative estimate of drug-likeness (QED) is 0.583. The Labute approximate surface area is 117 Å². The van der Waals surface area contributed by atoms with Gasteiger partial charge in [0.05, 0.1) is 6.61 Å². The second kappa shape index (κ2) is 12.0. The van der Waals surface area contributed by atoms with Gasteiger partial charge in [0.1, 0.15) is 5.78 Å². The first kappa shape index (κ1) is 17.9. The van der Waals surface area contributed by atoms with E-state index in [1.807, 2.05) is 6.92 Å². The Morgan fingerprint density at radius 1 is 1.05 bits per heavy atom. The monoisotopic (exact) mass is 271 g/mol. The molecule has 1 N–H and O–H groups in total. The van der Waals surface area contributed by atoms with E-state index in [9.17, 15) is 9.59 Å². The molecule has 0 unspecified atom stereocenters. The minimum Gasteiger partial charge on any atom is -0.449 e. The summed E-state index contributed by atoms with van der Waals surface area (Å²) in [6.45, 7) is 7.23. The van der Waals surface area contributed by atoms with Crippen molar-refractivity contribution in [3.05, 3.63) is 0 Å². The standard InChI is InChI=1S/C15H29NO3/c1-4-13(5-2)12-19-15(18)16-11-9-7-8-10-14(17)6-3/h13H,4-12H2,1-3H3,(H,16,18). The van der Waals surface area contributed by atoms with Crippen LogP contribution in [0.5, 0.6) is 0 Å². The zero-order valence-electron chi connectivity index (χ0n) is 12.7. The predicted octanol–water partition coefficient (Wildman–Crippen LogP) is 3.69. The van der Waals surface area contributed by atoms with Gasteiger partial charge in [-0.05, 0) is 18.8 Å². The van der Waals surface area contributed by atoms with Crippen LogP contribution in [0.2, 0.25) is 0 Å². The Balaban J connectivity index is 3.41. The van der Waals surface area contributed by atoms with Crippen LogP contribution in [-0.4, -0.2) is 25.0 Å². The molecular weight excluding hydrogens is 242 g/mol. The lowest BCUT2D eigenvalue weighted by molar-refractivity contribution is -0.118. The number of hydrogen-bond donors (Lipinski definition) is 1. The van der Waals surface area contributed by atoms with Gasteiger partial charge in [-0.15, -0.1) is 0 Å². The van der Waals surface area contributed by atoms with E-state index in [-0.39, 0.29) is 6.09 Å². The molecule has 112 valence electrons. The summed E-state index contributed by atoms with van der Waals surface area (Å²) in [5.74, 6) is 0.781. The number of alkyl carbamates (subject to hydrolysis) is 1. The Kier molecular flexibility index (Phi) is 11.3. The van der Waals surface area contributed by atoms with Crippen molar-refractivity contribution in [3.8, 4) is 0 Å². The highest BCUT2D eigenvalue weighted by Gasteiger charge is 2.07. The second-order valence-electron chi connectivity index (χ2n) is 4.91. The molecule has 0 spiro atoms. The van der Waals surface area contributed by atoms with E-state index >= 15 is 0 Å². The van der Waals surface area contributed by atoms with E-state index in [0.717, 1.165) is 32.1 Å². The van der Waals surface area contributed by atoms with Crippen LogP contribution >= 0.6 is 0 Å². The van der Waals surface area contributed by atoms with Gasteiger partial charge in [-0.1, -0.05) is 40.0 Å². The van der Waals surface area contributed by atoms with Gasteiger partial charge in [-0.25, -0.2) is 4.79 Å². The van der Waals surface area contributed by atoms with Gasteiger partial charge in [0.15, 0.2) is 0 Å². The van der Waals surface area contributed by atoms with Crippen molar-refractivity contribution in [2.45, 2.75) is 65.7 Å². The van der Waals surface area contributed by atoms with E-state index in [4.69, 9.17) is 4.74 Å². The van der Waals surface area contributed by atoms with Crippen LogP contribution < -0.4 is 5.32 Å². The summed E-state index contributed by atoms with van der Waals surface area (Å²) >= 11 is 0. The first-order chi connectivity index (χ1) is 9.13. The summed E-state index contributed by atoms with van der Waals surface area (Å²) < 4.78 is 5.14. The Morgan fingerprint density at radius 3 is 2.32 bits per heavy atom. The van der Waals surface area contributed by atoms with Crippen molar-refractivity contribution >= 4 is 11.9 Å². The molecule has 0 aromatic carbocycles. The third-order valence-electron chi connectivity index (χ3n) is 3.40. The second-order valence-corrected chi connectivity index (χ2v) is 4.91. The van der Waals surface area contributed by atoms with Crippen molar-refractivity contribution in [1.82, 2.24) is 5.32 Å². The molecule has 4 heteroatoms. The van der Waals surface area contributed by atoms with Crippen molar-refractivity contribution < 1.29 is 14.3 Å². The zero-order chi connectivity index (χ0) is 14.5. The molecule has 0 aromatic rings. The number of Topliss-reactive ketones (excluding diaryl/α,β-unsaturated/α-hetero) is 1. The number of carbonyl (C=O) groups excluding carboxylic acids is 2. The van der Waals surface area contributed by atoms with E-state index in [2.05, 4.69) is 19.2 Å². The third-order valence-corrected chi connectivity index (χ3v) is 3.40. The molecule has 0 bridgehead atoms. The summed E-state index contributed by atoms with van der Waals surface area (Å²) in [5.41, 5.74) is 0. The van der Waals surface area contributed by atoms with Crippen LogP contribution in [0.4, 0.5) is 4.79 Å². The van der Waals surface area contributed by atoms with E-state index in [1.165, 1.54) is 0 Å². The van der Waals surface area contributed by atoms with Crippen molar-refractivity contribution in [2.24, 2.45) is 5.92 Å². The third kappa shape index (κ3) is 10.5. The molecule has 0 aliphatic carbocycles. The van der Waals surface area contributed by atoms with Gasteiger partial charge in [0, 0.05) is 19.4 Å². The van der Waals surface area contributed by atoms with Crippen LogP contribution in [0.25, 0.3) is 0 Å². The highest BCUT2D eigenvalue weighted by Crippen LogP contribution is 2.07. The molecule has 0 saturated carbocycles. The number of hydrogen-bond acceptors (Lipinski definition) is 3. The molecule has 4 nitrogen and oxygen atoms in total. The molecule has 0 saturated heterocycles. The minimum absolute atomic E-state index is 0.317. The van der Waals surface area contributed by atoms with E-state index in [0.29, 0.717) is 37.7 Å². The molecular formula is C15H29NO3. The van der Waals surface area contributed by atoms with E-state index < -0.39 is 0 Å². The van der Waals surface area contributed by atoms with Crippen LogP contribution in [0, 0.1) is 5.92 Å². The highest BCUT2D eigenvalue weighted by molar-refractivity contribution is 5.77. The molecule has 0 radical (unpaired) electrons. The lowest BCUT2D eigenvalue weighted by Crippen LogP contribution is -2.27. The Hall–Kier alpha value is -1.06. The maximum absolute atomic E-state index is 11.4. The average molecular weight is 271 g/mol. The van der Waals surface area contributed by atoms with Gasteiger partial charge >= 0.3 is 6.09 Å². The zero-order valence-corrected chi connectivity index (χ0v) is 12.7. The van der Waals surface area contributed by atoms with Crippen LogP contribution in [0.3, 0.4) is 0 Å². The Morgan fingerprint density at radius 2 is 1.74 bits per heavy atom.